The standard InChI is InChI=1S/C15H16N2OS/c16-11-7-3-1-5-9(11)14(18)13-10-6-2-4-8-12(10)19-15(13)17/h1,3,5,7H,2,4,6,8,16-17H2. The molecule has 4 heteroatoms. The van der Waals surface area contributed by atoms with Gasteiger partial charge in [0.15, 0.2) is 5.78 Å². The van der Waals surface area contributed by atoms with Gasteiger partial charge in [0, 0.05) is 16.1 Å². The second-order valence-electron chi connectivity index (χ2n) is 4.87. The number of fused-ring (bicyclic) bond motifs is 1. The molecule has 1 aliphatic rings. The average Bonchev–Trinajstić information content (AvgIpc) is 2.74. The average molecular weight is 272 g/mol. The summed E-state index contributed by atoms with van der Waals surface area (Å²) in [6.45, 7) is 0. The van der Waals surface area contributed by atoms with Crippen molar-refractivity contribution in [2.45, 2.75) is 25.7 Å². The molecule has 1 aromatic carbocycles. The van der Waals surface area contributed by atoms with Gasteiger partial charge in [-0.25, -0.2) is 0 Å². The lowest BCUT2D eigenvalue weighted by atomic mass is 9.91. The van der Waals surface area contributed by atoms with E-state index in [1.165, 1.54) is 11.3 Å². The number of hydrogen-bond donors (Lipinski definition) is 2. The van der Waals surface area contributed by atoms with E-state index in [0.717, 1.165) is 24.8 Å². The van der Waals surface area contributed by atoms with E-state index in [9.17, 15) is 4.79 Å². The minimum atomic E-state index is -0.0324. The molecule has 1 heterocycles. The first kappa shape index (κ1) is 12.2. The van der Waals surface area contributed by atoms with Gasteiger partial charge >= 0.3 is 0 Å². The fourth-order valence-corrected chi connectivity index (χ4v) is 3.83. The summed E-state index contributed by atoms with van der Waals surface area (Å²) in [7, 11) is 0. The Bertz CT molecular complexity index is 646. The quantitative estimate of drug-likeness (QED) is 0.652. The van der Waals surface area contributed by atoms with Crippen LogP contribution in [0.1, 0.15) is 39.2 Å². The second-order valence-corrected chi connectivity index (χ2v) is 6.00. The minimum Gasteiger partial charge on any atom is -0.398 e. The number of ketones is 1. The molecule has 3 rings (SSSR count). The van der Waals surface area contributed by atoms with Gasteiger partial charge in [-0.3, -0.25) is 4.79 Å². The second kappa shape index (κ2) is 4.70. The number of nitrogen functional groups attached to an aromatic ring is 2. The maximum atomic E-state index is 12.7. The van der Waals surface area contributed by atoms with Gasteiger partial charge in [-0.2, -0.15) is 0 Å². The first-order chi connectivity index (χ1) is 9.18. The highest BCUT2D eigenvalue weighted by atomic mass is 32.1. The van der Waals surface area contributed by atoms with Gasteiger partial charge < -0.3 is 11.5 Å². The van der Waals surface area contributed by atoms with Gasteiger partial charge in [0.25, 0.3) is 0 Å². The summed E-state index contributed by atoms with van der Waals surface area (Å²) in [4.78, 5) is 13.9. The lowest BCUT2D eigenvalue weighted by Gasteiger charge is -2.12. The highest BCUT2D eigenvalue weighted by molar-refractivity contribution is 7.16. The van der Waals surface area contributed by atoms with Crippen LogP contribution >= 0.6 is 11.3 Å². The Morgan fingerprint density at radius 3 is 2.63 bits per heavy atom. The van der Waals surface area contributed by atoms with Gasteiger partial charge in [0.05, 0.1) is 10.6 Å². The molecule has 19 heavy (non-hydrogen) atoms. The van der Waals surface area contributed by atoms with Crippen LogP contribution in [0.3, 0.4) is 0 Å². The molecular formula is C15H16N2OS. The van der Waals surface area contributed by atoms with Crippen LogP contribution in [0.15, 0.2) is 24.3 Å². The van der Waals surface area contributed by atoms with Crippen LogP contribution in [-0.2, 0) is 12.8 Å². The predicted molar refractivity (Wildman–Crippen MR) is 79.7 cm³/mol. The van der Waals surface area contributed by atoms with Crippen molar-refractivity contribution in [3.63, 3.8) is 0 Å². The number of anilines is 2. The third-order valence-corrected chi connectivity index (χ3v) is 4.75. The number of hydrogen-bond acceptors (Lipinski definition) is 4. The van der Waals surface area contributed by atoms with E-state index in [-0.39, 0.29) is 5.78 Å². The smallest absolute Gasteiger partial charge is 0.198 e. The van der Waals surface area contributed by atoms with Crippen LogP contribution in [0.2, 0.25) is 0 Å². The summed E-state index contributed by atoms with van der Waals surface area (Å²) in [6.07, 6.45) is 4.32. The number of carbonyl (C=O) groups is 1. The zero-order valence-corrected chi connectivity index (χ0v) is 11.4. The van der Waals surface area contributed by atoms with E-state index in [1.807, 2.05) is 12.1 Å². The third-order valence-electron chi connectivity index (χ3n) is 3.63. The highest BCUT2D eigenvalue weighted by Crippen LogP contribution is 2.37. The van der Waals surface area contributed by atoms with Crippen LogP contribution in [0.5, 0.6) is 0 Å². The highest BCUT2D eigenvalue weighted by Gasteiger charge is 2.25. The number of nitrogens with two attached hydrogens (primary N) is 2. The minimum absolute atomic E-state index is 0.0324. The summed E-state index contributed by atoms with van der Waals surface area (Å²) in [6, 6.07) is 7.18. The molecule has 2 aromatic rings. The SMILES string of the molecule is Nc1ccccc1C(=O)c1c(N)sc2c1CCCC2. The largest absolute Gasteiger partial charge is 0.398 e. The Balaban J connectivity index is 2.10. The lowest BCUT2D eigenvalue weighted by molar-refractivity contribution is 0.103. The van der Waals surface area contributed by atoms with Gasteiger partial charge in [-0.1, -0.05) is 12.1 Å². The number of aryl methyl sites for hydroxylation is 1. The predicted octanol–water partition coefficient (Wildman–Crippen LogP) is 3.02. The van der Waals surface area contributed by atoms with Crippen molar-refractivity contribution in [3.05, 3.63) is 45.8 Å². The molecule has 1 aliphatic carbocycles. The molecule has 0 radical (unpaired) electrons. The first-order valence-corrected chi connectivity index (χ1v) is 7.29. The number of benzene rings is 1. The Labute approximate surface area is 116 Å². The normalized spacial score (nSPS) is 14.1. The molecule has 0 saturated carbocycles. The summed E-state index contributed by atoms with van der Waals surface area (Å²) < 4.78 is 0. The summed E-state index contributed by atoms with van der Waals surface area (Å²) in [5, 5.41) is 0.639. The maximum Gasteiger partial charge on any atom is 0.198 e. The molecule has 0 bridgehead atoms. The van der Waals surface area contributed by atoms with Crippen LogP contribution in [0.4, 0.5) is 10.7 Å². The molecular weight excluding hydrogens is 256 g/mol. The molecule has 0 saturated heterocycles. The number of thiophene rings is 1. The van der Waals surface area contributed by atoms with E-state index in [1.54, 1.807) is 23.5 Å². The van der Waals surface area contributed by atoms with E-state index >= 15 is 0 Å². The summed E-state index contributed by atoms with van der Waals surface area (Å²) in [5.41, 5.74) is 14.9. The van der Waals surface area contributed by atoms with E-state index in [0.29, 0.717) is 21.8 Å². The number of rotatable bonds is 2. The van der Waals surface area contributed by atoms with Gasteiger partial charge in [-0.05, 0) is 43.4 Å². The van der Waals surface area contributed by atoms with Crippen molar-refractivity contribution in [3.8, 4) is 0 Å². The van der Waals surface area contributed by atoms with Gasteiger partial charge in [-0.15, -0.1) is 11.3 Å². The zero-order valence-electron chi connectivity index (χ0n) is 10.6. The summed E-state index contributed by atoms with van der Waals surface area (Å²) in [5.74, 6) is -0.0324. The molecule has 3 nitrogen and oxygen atoms in total. The van der Waals surface area contributed by atoms with Crippen molar-refractivity contribution in [1.29, 1.82) is 0 Å². The number of carbonyl (C=O) groups excluding carboxylic acids is 1. The molecule has 0 atom stereocenters. The number of para-hydroxylation sites is 1. The van der Waals surface area contributed by atoms with Crippen LogP contribution in [0.25, 0.3) is 0 Å². The Kier molecular flexibility index (Phi) is 3.03. The van der Waals surface area contributed by atoms with Crippen molar-refractivity contribution < 1.29 is 4.79 Å². The topological polar surface area (TPSA) is 69.1 Å². The monoisotopic (exact) mass is 272 g/mol. The van der Waals surface area contributed by atoms with Crippen molar-refractivity contribution >= 4 is 27.8 Å². The fourth-order valence-electron chi connectivity index (χ4n) is 2.67. The van der Waals surface area contributed by atoms with Crippen LogP contribution in [0, 0.1) is 0 Å². The molecule has 0 aliphatic heterocycles. The Morgan fingerprint density at radius 1 is 1.11 bits per heavy atom. The molecule has 4 N–H and O–H groups in total. The molecule has 1 aromatic heterocycles. The van der Waals surface area contributed by atoms with Crippen LogP contribution < -0.4 is 11.5 Å². The van der Waals surface area contributed by atoms with Crippen molar-refractivity contribution in [1.82, 2.24) is 0 Å². The first-order valence-electron chi connectivity index (χ1n) is 6.47. The van der Waals surface area contributed by atoms with Crippen molar-refractivity contribution in [2.24, 2.45) is 0 Å². The van der Waals surface area contributed by atoms with Gasteiger partial charge in [0.1, 0.15) is 0 Å². The molecule has 98 valence electrons. The molecule has 0 amide bonds. The van der Waals surface area contributed by atoms with Gasteiger partial charge in [0.2, 0.25) is 0 Å². The molecule has 0 unspecified atom stereocenters. The fraction of sp³-hybridized carbons (Fsp3) is 0.267. The summed E-state index contributed by atoms with van der Waals surface area (Å²) >= 11 is 1.56. The van der Waals surface area contributed by atoms with Crippen LogP contribution in [-0.4, -0.2) is 5.78 Å². The molecule has 0 spiro atoms. The zero-order chi connectivity index (χ0) is 13.4. The maximum absolute atomic E-state index is 12.7. The van der Waals surface area contributed by atoms with E-state index in [4.69, 9.17) is 11.5 Å². The lowest BCUT2D eigenvalue weighted by Crippen LogP contribution is -2.10. The Hall–Kier alpha value is -1.81. The van der Waals surface area contributed by atoms with Crippen molar-refractivity contribution in [2.75, 3.05) is 11.5 Å². The van der Waals surface area contributed by atoms with E-state index < -0.39 is 0 Å². The van der Waals surface area contributed by atoms with E-state index in [2.05, 4.69) is 0 Å². The molecule has 0 fully saturated rings. The third kappa shape index (κ3) is 2.02. The Morgan fingerprint density at radius 2 is 1.84 bits per heavy atom.